The fourth-order valence-corrected chi connectivity index (χ4v) is 2.93. The minimum absolute atomic E-state index is 0.0837. The van der Waals surface area contributed by atoms with Gasteiger partial charge in [-0.3, -0.25) is 10.1 Å². The molecule has 0 bridgehead atoms. The van der Waals surface area contributed by atoms with Gasteiger partial charge in [0.2, 0.25) is 5.82 Å². The Bertz CT molecular complexity index is 702. The van der Waals surface area contributed by atoms with Gasteiger partial charge in [-0.2, -0.15) is 4.39 Å². The highest BCUT2D eigenvalue weighted by molar-refractivity contribution is 5.75. The van der Waals surface area contributed by atoms with E-state index in [2.05, 4.69) is 0 Å². The summed E-state index contributed by atoms with van der Waals surface area (Å²) in [6.07, 6.45) is 1.81. The second-order valence-corrected chi connectivity index (χ2v) is 5.25. The van der Waals surface area contributed by atoms with Gasteiger partial charge in [-0.25, -0.2) is 0 Å². The fourth-order valence-electron chi connectivity index (χ4n) is 2.93. The molecule has 1 heterocycles. The Labute approximate surface area is 122 Å². The van der Waals surface area contributed by atoms with Crippen LogP contribution < -0.4 is 4.90 Å². The zero-order chi connectivity index (χ0) is 15.0. The molecule has 1 aliphatic rings. The van der Waals surface area contributed by atoms with Crippen molar-refractivity contribution in [3.8, 4) is 0 Å². The lowest BCUT2D eigenvalue weighted by Gasteiger charge is -2.36. The number of hydrogen-bond acceptors (Lipinski definition) is 3. The predicted octanol–water partition coefficient (Wildman–Crippen LogP) is 4.21. The van der Waals surface area contributed by atoms with Gasteiger partial charge in [-0.05, 0) is 43.5 Å². The van der Waals surface area contributed by atoms with E-state index in [0.717, 1.165) is 30.2 Å². The van der Waals surface area contributed by atoms with Gasteiger partial charge in [0, 0.05) is 11.7 Å². The molecule has 0 saturated carbocycles. The molecule has 1 atom stereocenters. The number of anilines is 2. The molecule has 4 nitrogen and oxygen atoms in total. The van der Waals surface area contributed by atoms with Crippen LogP contribution in [0.5, 0.6) is 0 Å². The molecule has 0 aliphatic carbocycles. The largest absolute Gasteiger partial charge is 0.333 e. The summed E-state index contributed by atoms with van der Waals surface area (Å²) in [5.74, 6) is -0.798. The fraction of sp³-hybridized carbons (Fsp3) is 0.250. The molecule has 0 amide bonds. The first-order chi connectivity index (χ1) is 10.1. The van der Waals surface area contributed by atoms with Gasteiger partial charge in [0.05, 0.1) is 4.92 Å². The summed E-state index contributed by atoms with van der Waals surface area (Å²) in [5, 5.41) is 11.2. The van der Waals surface area contributed by atoms with Crippen molar-refractivity contribution in [2.75, 3.05) is 4.90 Å². The molecule has 0 N–H and O–H groups in total. The highest BCUT2D eigenvalue weighted by atomic mass is 19.1. The summed E-state index contributed by atoms with van der Waals surface area (Å²) in [6.45, 7) is 2.00. The summed E-state index contributed by atoms with van der Waals surface area (Å²) >= 11 is 0. The standard InChI is InChI=1S/C16H15FN2O2/c1-11-9-10-12-5-2-3-7-14(12)18(11)15-8-4-6-13(17)16(15)19(20)21/h2-8,11H,9-10H2,1H3. The summed E-state index contributed by atoms with van der Waals surface area (Å²) in [5.41, 5.74) is 1.92. The normalized spacial score (nSPS) is 17.4. The van der Waals surface area contributed by atoms with E-state index in [4.69, 9.17) is 0 Å². The predicted molar refractivity (Wildman–Crippen MR) is 79.4 cm³/mol. The van der Waals surface area contributed by atoms with Crippen LogP contribution in [0.4, 0.5) is 21.5 Å². The third-order valence-electron chi connectivity index (χ3n) is 3.93. The first-order valence-electron chi connectivity index (χ1n) is 6.89. The highest BCUT2D eigenvalue weighted by Crippen LogP contribution is 2.41. The van der Waals surface area contributed by atoms with E-state index in [9.17, 15) is 14.5 Å². The van der Waals surface area contributed by atoms with Gasteiger partial charge in [0.15, 0.2) is 0 Å². The molecular formula is C16H15FN2O2. The van der Waals surface area contributed by atoms with Gasteiger partial charge in [0.1, 0.15) is 5.69 Å². The van der Waals surface area contributed by atoms with Crippen LogP contribution in [0.3, 0.4) is 0 Å². The summed E-state index contributed by atoms with van der Waals surface area (Å²) in [7, 11) is 0. The molecule has 0 fully saturated rings. The molecule has 0 aromatic heterocycles. The molecule has 0 radical (unpaired) electrons. The number of fused-ring (bicyclic) bond motifs is 1. The lowest BCUT2D eigenvalue weighted by molar-refractivity contribution is -0.386. The van der Waals surface area contributed by atoms with Gasteiger partial charge in [-0.15, -0.1) is 0 Å². The number of hydrogen-bond donors (Lipinski definition) is 0. The molecule has 21 heavy (non-hydrogen) atoms. The number of rotatable bonds is 2. The van der Waals surface area contributed by atoms with E-state index >= 15 is 0 Å². The van der Waals surface area contributed by atoms with Crippen molar-refractivity contribution in [2.45, 2.75) is 25.8 Å². The van der Waals surface area contributed by atoms with E-state index in [1.54, 1.807) is 6.07 Å². The zero-order valence-electron chi connectivity index (χ0n) is 11.6. The molecule has 3 rings (SSSR count). The number of nitrogens with zero attached hydrogens (tertiary/aromatic N) is 2. The summed E-state index contributed by atoms with van der Waals surface area (Å²) < 4.78 is 13.9. The monoisotopic (exact) mass is 286 g/mol. The number of aryl methyl sites for hydroxylation is 1. The Kier molecular flexibility index (Phi) is 3.33. The zero-order valence-corrected chi connectivity index (χ0v) is 11.6. The van der Waals surface area contributed by atoms with Crippen LogP contribution in [-0.2, 0) is 6.42 Å². The maximum atomic E-state index is 13.9. The van der Waals surface area contributed by atoms with Crippen molar-refractivity contribution in [1.29, 1.82) is 0 Å². The third kappa shape index (κ3) is 2.24. The Morgan fingerprint density at radius 2 is 1.90 bits per heavy atom. The average molecular weight is 286 g/mol. The highest BCUT2D eigenvalue weighted by Gasteiger charge is 2.31. The maximum absolute atomic E-state index is 13.9. The maximum Gasteiger partial charge on any atom is 0.328 e. The number of benzene rings is 2. The number of para-hydroxylation sites is 2. The van der Waals surface area contributed by atoms with E-state index < -0.39 is 16.4 Å². The Morgan fingerprint density at radius 3 is 2.67 bits per heavy atom. The molecule has 108 valence electrons. The Morgan fingerprint density at radius 1 is 1.19 bits per heavy atom. The van der Waals surface area contributed by atoms with Crippen LogP contribution in [0, 0.1) is 15.9 Å². The SMILES string of the molecule is CC1CCc2ccccc2N1c1cccc(F)c1[N+](=O)[O-]. The van der Waals surface area contributed by atoms with Gasteiger partial charge in [0.25, 0.3) is 0 Å². The Hall–Kier alpha value is -2.43. The molecular weight excluding hydrogens is 271 g/mol. The topological polar surface area (TPSA) is 46.4 Å². The van der Waals surface area contributed by atoms with Crippen molar-refractivity contribution >= 4 is 17.1 Å². The smallest absolute Gasteiger partial charge is 0.328 e. The van der Waals surface area contributed by atoms with E-state index in [-0.39, 0.29) is 6.04 Å². The lowest BCUT2D eigenvalue weighted by atomic mass is 9.95. The Balaban J connectivity index is 2.21. The third-order valence-corrected chi connectivity index (χ3v) is 3.93. The second kappa shape index (κ2) is 5.16. The van der Waals surface area contributed by atoms with Crippen molar-refractivity contribution < 1.29 is 9.31 Å². The van der Waals surface area contributed by atoms with E-state index in [1.165, 1.54) is 6.07 Å². The molecule has 2 aromatic rings. The van der Waals surface area contributed by atoms with Crippen molar-refractivity contribution in [1.82, 2.24) is 0 Å². The van der Waals surface area contributed by atoms with Crippen LogP contribution in [0.25, 0.3) is 0 Å². The first-order valence-corrected chi connectivity index (χ1v) is 6.89. The summed E-state index contributed by atoms with van der Waals surface area (Å²) in [4.78, 5) is 12.5. The molecule has 1 unspecified atom stereocenters. The molecule has 5 heteroatoms. The van der Waals surface area contributed by atoms with Crippen molar-refractivity contribution in [3.05, 3.63) is 64.0 Å². The van der Waals surface area contributed by atoms with Gasteiger partial charge >= 0.3 is 5.69 Å². The minimum Gasteiger partial charge on any atom is -0.333 e. The molecule has 2 aromatic carbocycles. The molecule has 0 spiro atoms. The molecule has 0 saturated heterocycles. The van der Waals surface area contributed by atoms with Gasteiger partial charge < -0.3 is 4.90 Å². The average Bonchev–Trinajstić information content (AvgIpc) is 2.46. The quantitative estimate of drug-likeness (QED) is 0.613. The van der Waals surface area contributed by atoms with Gasteiger partial charge in [-0.1, -0.05) is 24.3 Å². The lowest BCUT2D eigenvalue weighted by Crippen LogP contribution is -2.33. The number of halogens is 1. The number of nitro benzene ring substituents is 1. The van der Waals surface area contributed by atoms with Crippen LogP contribution in [-0.4, -0.2) is 11.0 Å². The van der Waals surface area contributed by atoms with Crippen LogP contribution in [0.1, 0.15) is 18.9 Å². The second-order valence-electron chi connectivity index (χ2n) is 5.25. The first kappa shape index (κ1) is 13.5. The molecule has 1 aliphatic heterocycles. The van der Waals surface area contributed by atoms with Crippen LogP contribution in [0.15, 0.2) is 42.5 Å². The van der Waals surface area contributed by atoms with Crippen molar-refractivity contribution in [2.24, 2.45) is 0 Å². The number of nitro groups is 1. The summed E-state index contributed by atoms with van der Waals surface area (Å²) in [6, 6.07) is 12.1. The minimum atomic E-state index is -0.798. The van der Waals surface area contributed by atoms with E-state index in [1.807, 2.05) is 36.1 Å². The van der Waals surface area contributed by atoms with Crippen LogP contribution in [0.2, 0.25) is 0 Å². The van der Waals surface area contributed by atoms with Crippen molar-refractivity contribution in [3.63, 3.8) is 0 Å². The van der Waals surface area contributed by atoms with E-state index in [0.29, 0.717) is 5.69 Å². The van der Waals surface area contributed by atoms with Crippen LogP contribution >= 0.6 is 0 Å².